The normalized spacial score (nSPS) is 17.3. The Morgan fingerprint density at radius 2 is 2.13 bits per heavy atom. The second-order valence-corrected chi connectivity index (χ2v) is 5.76. The van der Waals surface area contributed by atoms with E-state index in [1.54, 1.807) is 18.3 Å². The van der Waals surface area contributed by atoms with Crippen LogP contribution < -0.4 is 10.1 Å². The van der Waals surface area contributed by atoms with Gasteiger partial charge in [0.2, 0.25) is 0 Å². The SMILES string of the molecule is CNC[C@@H]1CCN(C(=O)c2cc(Oc3ccccc3)ccn2)C1. The van der Waals surface area contributed by atoms with Gasteiger partial charge in [0.1, 0.15) is 17.2 Å². The Morgan fingerprint density at radius 3 is 2.91 bits per heavy atom. The number of nitrogens with one attached hydrogen (secondary N) is 1. The minimum Gasteiger partial charge on any atom is -0.457 e. The Bertz CT molecular complexity index is 660. The Balaban J connectivity index is 1.68. The molecule has 1 amide bonds. The van der Waals surface area contributed by atoms with Gasteiger partial charge in [-0.1, -0.05) is 18.2 Å². The van der Waals surface area contributed by atoms with Gasteiger partial charge in [0.15, 0.2) is 0 Å². The summed E-state index contributed by atoms with van der Waals surface area (Å²) in [6.45, 7) is 2.51. The number of nitrogens with zero attached hydrogens (tertiary/aromatic N) is 2. The monoisotopic (exact) mass is 311 g/mol. The Hall–Kier alpha value is -2.40. The zero-order valence-electron chi connectivity index (χ0n) is 13.2. The molecule has 5 heteroatoms. The van der Waals surface area contributed by atoms with Gasteiger partial charge in [0, 0.05) is 25.4 Å². The van der Waals surface area contributed by atoms with Crippen LogP contribution in [0.1, 0.15) is 16.9 Å². The number of rotatable bonds is 5. The van der Waals surface area contributed by atoms with Gasteiger partial charge < -0.3 is 15.0 Å². The van der Waals surface area contributed by atoms with Crippen molar-refractivity contribution in [3.8, 4) is 11.5 Å². The molecule has 3 rings (SSSR count). The van der Waals surface area contributed by atoms with Gasteiger partial charge in [-0.25, -0.2) is 0 Å². The van der Waals surface area contributed by atoms with Gasteiger partial charge in [0.25, 0.3) is 5.91 Å². The first-order chi connectivity index (χ1) is 11.3. The summed E-state index contributed by atoms with van der Waals surface area (Å²) in [5.41, 5.74) is 0.434. The summed E-state index contributed by atoms with van der Waals surface area (Å²) >= 11 is 0. The van der Waals surface area contributed by atoms with Crippen LogP contribution in [0, 0.1) is 5.92 Å². The largest absolute Gasteiger partial charge is 0.457 e. The number of benzene rings is 1. The zero-order valence-corrected chi connectivity index (χ0v) is 13.2. The number of hydrogen-bond donors (Lipinski definition) is 1. The summed E-state index contributed by atoms with van der Waals surface area (Å²) in [6.07, 6.45) is 2.65. The molecule has 5 nitrogen and oxygen atoms in total. The van der Waals surface area contributed by atoms with Crippen LogP contribution >= 0.6 is 0 Å². The number of likely N-dealkylation sites (tertiary alicyclic amines) is 1. The summed E-state index contributed by atoms with van der Waals surface area (Å²) in [5.74, 6) is 1.86. The highest BCUT2D eigenvalue weighted by Gasteiger charge is 2.27. The van der Waals surface area contributed by atoms with Crippen molar-refractivity contribution in [2.75, 3.05) is 26.7 Å². The van der Waals surface area contributed by atoms with E-state index >= 15 is 0 Å². The van der Waals surface area contributed by atoms with Crippen molar-refractivity contribution >= 4 is 5.91 Å². The van der Waals surface area contributed by atoms with Crippen molar-refractivity contribution in [1.29, 1.82) is 0 Å². The lowest BCUT2D eigenvalue weighted by Crippen LogP contribution is -2.30. The molecule has 0 saturated carbocycles. The van der Waals surface area contributed by atoms with E-state index in [-0.39, 0.29) is 5.91 Å². The Morgan fingerprint density at radius 1 is 1.30 bits per heavy atom. The predicted molar refractivity (Wildman–Crippen MR) is 88.7 cm³/mol. The average molecular weight is 311 g/mol. The molecule has 1 N–H and O–H groups in total. The topological polar surface area (TPSA) is 54.5 Å². The number of carbonyl (C=O) groups excluding carboxylic acids is 1. The fourth-order valence-electron chi connectivity index (χ4n) is 2.85. The maximum absolute atomic E-state index is 12.6. The molecule has 1 saturated heterocycles. The fourth-order valence-corrected chi connectivity index (χ4v) is 2.85. The molecule has 0 spiro atoms. The van der Waals surface area contributed by atoms with Crippen LogP contribution in [0.2, 0.25) is 0 Å². The quantitative estimate of drug-likeness (QED) is 0.922. The second kappa shape index (κ2) is 7.24. The van der Waals surface area contributed by atoms with Crippen molar-refractivity contribution in [2.24, 2.45) is 5.92 Å². The molecule has 0 unspecified atom stereocenters. The van der Waals surface area contributed by atoms with E-state index in [1.807, 2.05) is 42.3 Å². The first-order valence-corrected chi connectivity index (χ1v) is 7.89. The number of amides is 1. The smallest absolute Gasteiger partial charge is 0.272 e. The van der Waals surface area contributed by atoms with Gasteiger partial charge in [-0.2, -0.15) is 0 Å². The van der Waals surface area contributed by atoms with Gasteiger partial charge in [0.05, 0.1) is 0 Å². The average Bonchev–Trinajstić information content (AvgIpc) is 3.04. The molecule has 0 bridgehead atoms. The van der Waals surface area contributed by atoms with Crippen LogP contribution in [0.15, 0.2) is 48.7 Å². The molecule has 2 aromatic rings. The van der Waals surface area contributed by atoms with Gasteiger partial charge >= 0.3 is 0 Å². The van der Waals surface area contributed by atoms with Crippen molar-refractivity contribution in [1.82, 2.24) is 15.2 Å². The molecule has 0 radical (unpaired) electrons. The number of carbonyl (C=O) groups is 1. The number of hydrogen-bond acceptors (Lipinski definition) is 4. The molecule has 1 aromatic heterocycles. The summed E-state index contributed by atoms with van der Waals surface area (Å²) in [4.78, 5) is 18.7. The third-order valence-electron chi connectivity index (χ3n) is 4.00. The van der Waals surface area contributed by atoms with E-state index in [0.717, 1.165) is 31.8 Å². The highest BCUT2D eigenvalue weighted by Crippen LogP contribution is 2.23. The summed E-state index contributed by atoms with van der Waals surface area (Å²) in [5, 5.41) is 3.17. The van der Waals surface area contributed by atoms with Gasteiger partial charge in [-0.05, 0) is 44.1 Å². The molecule has 1 atom stereocenters. The molecule has 1 fully saturated rings. The number of ether oxygens (including phenoxy) is 1. The molecular weight excluding hydrogens is 290 g/mol. The lowest BCUT2D eigenvalue weighted by Gasteiger charge is -2.16. The molecule has 1 aliphatic rings. The van der Waals surface area contributed by atoms with Crippen LogP contribution in [0.25, 0.3) is 0 Å². The number of para-hydroxylation sites is 1. The molecule has 1 aliphatic heterocycles. The fraction of sp³-hybridized carbons (Fsp3) is 0.333. The number of pyridine rings is 1. The van der Waals surface area contributed by atoms with Gasteiger partial charge in [-0.15, -0.1) is 0 Å². The molecule has 23 heavy (non-hydrogen) atoms. The molecule has 1 aromatic carbocycles. The van der Waals surface area contributed by atoms with Crippen molar-refractivity contribution in [3.05, 3.63) is 54.4 Å². The molecular formula is C18H21N3O2. The first-order valence-electron chi connectivity index (χ1n) is 7.89. The van der Waals surface area contributed by atoms with Crippen LogP contribution in [0.5, 0.6) is 11.5 Å². The summed E-state index contributed by atoms with van der Waals surface area (Å²) in [6, 6.07) is 13.0. The zero-order chi connectivity index (χ0) is 16.1. The Labute approximate surface area is 136 Å². The van der Waals surface area contributed by atoms with Crippen molar-refractivity contribution in [2.45, 2.75) is 6.42 Å². The molecule has 120 valence electrons. The van der Waals surface area contributed by atoms with E-state index in [0.29, 0.717) is 17.4 Å². The lowest BCUT2D eigenvalue weighted by molar-refractivity contribution is 0.0781. The maximum Gasteiger partial charge on any atom is 0.272 e. The van der Waals surface area contributed by atoms with E-state index in [1.165, 1.54) is 0 Å². The lowest BCUT2D eigenvalue weighted by atomic mass is 10.1. The summed E-state index contributed by atoms with van der Waals surface area (Å²) in [7, 11) is 1.94. The minimum atomic E-state index is -0.0258. The van der Waals surface area contributed by atoms with E-state index in [9.17, 15) is 4.79 Å². The highest BCUT2D eigenvalue weighted by molar-refractivity contribution is 5.92. The van der Waals surface area contributed by atoms with Crippen molar-refractivity contribution < 1.29 is 9.53 Å². The standard InChI is InChI=1S/C18H21N3O2/c1-19-12-14-8-10-21(13-14)18(22)17-11-16(7-9-20-17)23-15-5-3-2-4-6-15/h2-7,9,11,14,19H,8,10,12-13H2,1H3/t14-/m0/s1. The van der Waals surface area contributed by atoms with E-state index in [4.69, 9.17) is 4.74 Å². The number of aromatic nitrogens is 1. The third-order valence-corrected chi connectivity index (χ3v) is 4.00. The second-order valence-electron chi connectivity index (χ2n) is 5.76. The van der Waals surface area contributed by atoms with E-state index in [2.05, 4.69) is 10.3 Å². The van der Waals surface area contributed by atoms with E-state index < -0.39 is 0 Å². The van der Waals surface area contributed by atoms with Crippen molar-refractivity contribution in [3.63, 3.8) is 0 Å². The minimum absolute atomic E-state index is 0.0258. The van der Waals surface area contributed by atoms with Crippen LogP contribution in [-0.4, -0.2) is 42.5 Å². The Kier molecular flexibility index (Phi) is 4.88. The first kappa shape index (κ1) is 15.5. The van der Waals surface area contributed by atoms with Crippen LogP contribution in [0.4, 0.5) is 0 Å². The predicted octanol–water partition coefficient (Wildman–Crippen LogP) is 2.56. The molecule has 0 aliphatic carbocycles. The van der Waals surface area contributed by atoms with Crippen LogP contribution in [-0.2, 0) is 0 Å². The van der Waals surface area contributed by atoms with Gasteiger partial charge in [-0.3, -0.25) is 9.78 Å². The summed E-state index contributed by atoms with van der Waals surface area (Å²) < 4.78 is 5.77. The maximum atomic E-state index is 12.6. The third kappa shape index (κ3) is 3.87. The molecule has 2 heterocycles. The highest BCUT2D eigenvalue weighted by atomic mass is 16.5. The van der Waals surface area contributed by atoms with Crippen LogP contribution in [0.3, 0.4) is 0 Å².